The first kappa shape index (κ1) is 22.2. The summed E-state index contributed by atoms with van der Waals surface area (Å²) < 4.78 is 40.3. The molecule has 0 saturated carbocycles. The second-order valence-corrected chi connectivity index (χ2v) is 9.82. The Hall–Kier alpha value is -3.03. The van der Waals surface area contributed by atoms with Crippen LogP contribution in [-0.4, -0.2) is 31.7 Å². The van der Waals surface area contributed by atoms with Gasteiger partial charge in [0, 0.05) is 24.7 Å². The molecule has 5 nitrogen and oxygen atoms in total. The summed E-state index contributed by atoms with van der Waals surface area (Å²) in [5.41, 5.74) is 1.85. The molecule has 7 heteroatoms. The highest BCUT2D eigenvalue weighted by molar-refractivity contribution is 7.89. The number of rotatable bonds is 6. The van der Waals surface area contributed by atoms with E-state index in [-0.39, 0.29) is 29.8 Å². The van der Waals surface area contributed by atoms with Crippen molar-refractivity contribution in [2.45, 2.75) is 24.3 Å². The molecule has 1 aliphatic rings. The number of carbonyl (C=O) groups is 1. The van der Waals surface area contributed by atoms with Gasteiger partial charge in [-0.05, 0) is 54.8 Å². The van der Waals surface area contributed by atoms with E-state index in [4.69, 9.17) is 0 Å². The lowest BCUT2D eigenvalue weighted by atomic mass is 9.96. The average Bonchev–Trinajstić information content (AvgIpc) is 2.84. The molecule has 3 aromatic carbocycles. The van der Waals surface area contributed by atoms with E-state index in [0.717, 1.165) is 23.4 Å². The molecule has 1 saturated heterocycles. The zero-order valence-electron chi connectivity index (χ0n) is 17.6. The fourth-order valence-corrected chi connectivity index (χ4v) is 5.46. The van der Waals surface area contributed by atoms with Crippen LogP contribution in [0, 0.1) is 11.7 Å². The normalized spacial score (nSPS) is 15.4. The van der Waals surface area contributed by atoms with Gasteiger partial charge in [-0.15, -0.1) is 0 Å². The van der Waals surface area contributed by atoms with Crippen molar-refractivity contribution in [1.29, 1.82) is 0 Å². The van der Waals surface area contributed by atoms with Crippen molar-refractivity contribution in [2.24, 2.45) is 5.92 Å². The first-order chi connectivity index (χ1) is 15.4. The van der Waals surface area contributed by atoms with Crippen LogP contribution in [0.3, 0.4) is 0 Å². The summed E-state index contributed by atoms with van der Waals surface area (Å²) in [4.78, 5) is 15.3. The van der Waals surface area contributed by atoms with Crippen molar-refractivity contribution in [3.8, 4) is 0 Å². The standard InChI is InChI=1S/C25H25FN2O3S/c26-22-11-13-24(14-12-22)32(30,31)27-17-15-21(16-18-27)25(29)28(23-9-5-2-6-10-23)19-20-7-3-1-4-8-20/h1-14,21H,15-19H2. The molecule has 32 heavy (non-hydrogen) atoms. The third kappa shape index (κ3) is 4.89. The highest BCUT2D eigenvalue weighted by Gasteiger charge is 2.34. The minimum Gasteiger partial charge on any atom is -0.308 e. The maximum Gasteiger partial charge on any atom is 0.243 e. The van der Waals surface area contributed by atoms with Crippen LogP contribution in [0.4, 0.5) is 10.1 Å². The first-order valence-electron chi connectivity index (χ1n) is 10.6. The second-order valence-electron chi connectivity index (χ2n) is 7.88. The molecule has 0 N–H and O–H groups in total. The van der Waals surface area contributed by atoms with Crippen LogP contribution in [0.15, 0.2) is 89.8 Å². The van der Waals surface area contributed by atoms with E-state index in [2.05, 4.69) is 0 Å². The van der Waals surface area contributed by atoms with Crippen LogP contribution in [0.2, 0.25) is 0 Å². The highest BCUT2D eigenvalue weighted by Crippen LogP contribution is 2.28. The number of para-hydroxylation sites is 1. The fraction of sp³-hybridized carbons (Fsp3) is 0.240. The van der Waals surface area contributed by atoms with E-state index in [1.807, 2.05) is 60.7 Å². The molecular weight excluding hydrogens is 427 g/mol. The molecule has 0 radical (unpaired) electrons. The van der Waals surface area contributed by atoms with Crippen molar-refractivity contribution < 1.29 is 17.6 Å². The summed E-state index contributed by atoms with van der Waals surface area (Å²) in [6.07, 6.45) is 0.884. The summed E-state index contributed by atoms with van der Waals surface area (Å²) in [6.45, 7) is 0.964. The number of amides is 1. The quantitative estimate of drug-likeness (QED) is 0.555. The molecule has 0 spiro atoms. The van der Waals surface area contributed by atoms with Crippen LogP contribution < -0.4 is 4.90 Å². The molecule has 0 aliphatic carbocycles. The van der Waals surface area contributed by atoms with Crippen LogP contribution in [-0.2, 0) is 21.4 Å². The number of piperidine rings is 1. The van der Waals surface area contributed by atoms with Crippen LogP contribution >= 0.6 is 0 Å². The average molecular weight is 453 g/mol. The SMILES string of the molecule is O=C(C1CCN(S(=O)(=O)c2ccc(F)cc2)CC1)N(Cc1ccccc1)c1ccccc1. The van der Waals surface area contributed by atoms with Gasteiger partial charge in [-0.1, -0.05) is 48.5 Å². The van der Waals surface area contributed by atoms with Crippen LogP contribution in [0.5, 0.6) is 0 Å². The Morgan fingerprint density at radius 3 is 2.03 bits per heavy atom. The Morgan fingerprint density at radius 2 is 1.44 bits per heavy atom. The van der Waals surface area contributed by atoms with Gasteiger partial charge in [-0.3, -0.25) is 4.79 Å². The number of anilines is 1. The molecule has 0 atom stereocenters. The smallest absolute Gasteiger partial charge is 0.243 e. The van der Waals surface area contributed by atoms with Gasteiger partial charge in [0.1, 0.15) is 5.82 Å². The van der Waals surface area contributed by atoms with Crippen LogP contribution in [0.25, 0.3) is 0 Å². The van der Waals surface area contributed by atoms with Crippen molar-refractivity contribution in [2.75, 3.05) is 18.0 Å². The number of nitrogens with zero attached hydrogens (tertiary/aromatic N) is 2. The molecule has 166 valence electrons. The zero-order valence-corrected chi connectivity index (χ0v) is 18.4. The van der Waals surface area contributed by atoms with Gasteiger partial charge in [0.05, 0.1) is 11.4 Å². The Bertz CT molecular complexity index is 1140. The summed E-state index contributed by atoms with van der Waals surface area (Å²) in [5, 5.41) is 0. The largest absolute Gasteiger partial charge is 0.308 e. The lowest BCUT2D eigenvalue weighted by molar-refractivity contribution is -0.123. The Morgan fingerprint density at radius 1 is 0.875 bits per heavy atom. The highest BCUT2D eigenvalue weighted by atomic mass is 32.2. The van der Waals surface area contributed by atoms with E-state index < -0.39 is 15.8 Å². The minimum atomic E-state index is -3.71. The second kappa shape index (κ2) is 9.63. The molecule has 1 aliphatic heterocycles. The first-order valence-corrected chi connectivity index (χ1v) is 12.1. The number of halogens is 1. The van der Waals surface area contributed by atoms with E-state index in [9.17, 15) is 17.6 Å². The fourth-order valence-electron chi connectivity index (χ4n) is 3.99. The summed E-state index contributed by atoms with van der Waals surface area (Å²) >= 11 is 0. The summed E-state index contributed by atoms with van der Waals surface area (Å²) in [6, 6.07) is 24.2. The number of hydrogen-bond acceptors (Lipinski definition) is 3. The molecule has 0 aromatic heterocycles. The Balaban J connectivity index is 1.48. The molecule has 4 rings (SSSR count). The molecule has 1 fully saturated rings. The third-order valence-corrected chi connectivity index (χ3v) is 7.68. The van der Waals surface area contributed by atoms with Gasteiger partial charge < -0.3 is 4.90 Å². The molecule has 1 heterocycles. The third-order valence-electron chi connectivity index (χ3n) is 5.77. The Kier molecular flexibility index (Phi) is 6.67. The van der Waals surface area contributed by atoms with Crippen molar-refractivity contribution in [1.82, 2.24) is 4.31 Å². The van der Waals surface area contributed by atoms with Gasteiger partial charge in [0.25, 0.3) is 0 Å². The maximum atomic E-state index is 13.5. The van der Waals surface area contributed by atoms with Crippen LogP contribution in [0.1, 0.15) is 18.4 Å². The van der Waals surface area contributed by atoms with Gasteiger partial charge >= 0.3 is 0 Å². The van der Waals surface area contributed by atoms with Gasteiger partial charge in [0.15, 0.2) is 0 Å². The lowest BCUT2D eigenvalue weighted by Gasteiger charge is -2.34. The number of sulfonamides is 1. The van der Waals surface area contributed by atoms with E-state index in [0.29, 0.717) is 19.4 Å². The zero-order chi connectivity index (χ0) is 22.6. The maximum absolute atomic E-state index is 13.5. The predicted octanol–water partition coefficient (Wildman–Crippen LogP) is 4.46. The number of carbonyl (C=O) groups excluding carboxylic acids is 1. The molecule has 3 aromatic rings. The minimum absolute atomic E-state index is 0.00103. The molecule has 1 amide bonds. The van der Waals surface area contributed by atoms with E-state index in [1.54, 1.807) is 4.90 Å². The van der Waals surface area contributed by atoms with Gasteiger partial charge in [0.2, 0.25) is 15.9 Å². The van der Waals surface area contributed by atoms with E-state index in [1.165, 1.54) is 16.4 Å². The summed E-state index contributed by atoms with van der Waals surface area (Å²) in [7, 11) is -3.71. The number of hydrogen-bond donors (Lipinski definition) is 0. The monoisotopic (exact) mass is 452 g/mol. The van der Waals surface area contributed by atoms with Gasteiger partial charge in [-0.2, -0.15) is 4.31 Å². The predicted molar refractivity (Wildman–Crippen MR) is 122 cm³/mol. The summed E-state index contributed by atoms with van der Waals surface area (Å²) in [5.74, 6) is -0.745. The number of benzene rings is 3. The Labute approximate surface area is 188 Å². The van der Waals surface area contributed by atoms with Crippen molar-refractivity contribution >= 4 is 21.6 Å². The van der Waals surface area contributed by atoms with E-state index >= 15 is 0 Å². The molecule has 0 unspecified atom stereocenters. The topological polar surface area (TPSA) is 57.7 Å². The van der Waals surface area contributed by atoms with Crippen molar-refractivity contribution in [3.63, 3.8) is 0 Å². The van der Waals surface area contributed by atoms with Crippen molar-refractivity contribution in [3.05, 3.63) is 96.3 Å². The lowest BCUT2D eigenvalue weighted by Crippen LogP contribution is -2.44. The molecule has 0 bridgehead atoms. The van der Waals surface area contributed by atoms with Gasteiger partial charge in [-0.25, -0.2) is 12.8 Å². The molecular formula is C25H25FN2O3S.